The summed E-state index contributed by atoms with van der Waals surface area (Å²) in [5, 5.41) is 6.81. The number of benzene rings is 1. The molecule has 0 bridgehead atoms. The third kappa shape index (κ3) is 3.01. The van der Waals surface area contributed by atoms with Crippen molar-refractivity contribution in [3.63, 3.8) is 0 Å². The van der Waals surface area contributed by atoms with Crippen LogP contribution in [0.4, 0.5) is 5.69 Å². The van der Waals surface area contributed by atoms with Gasteiger partial charge in [0, 0.05) is 10.5 Å². The lowest BCUT2D eigenvalue weighted by Gasteiger charge is -2.05. The third-order valence-electron chi connectivity index (χ3n) is 2.69. The summed E-state index contributed by atoms with van der Waals surface area (Å²) < 4.78 is 11.1. The molecular formula is C14H8BrClN2O3. The molecule has 0 saturated heterocycles. The summed E-state index contributed by atoms with van der Waals surface area (Å²) in [5.74, 6) is 0.469. The number of aromatic nitrogens is 1. The van der Waals surface area contributed by atoms with E-state index in [1.54, 1.807) is 30.3 Å². The van der Waals surface area contributed by atoms with Crippen molar-refractivity contribution < 1.29 is 13.7 Å². The molecule has 0 radical (unpaired) electrons. The van der Waals surface area contributed by atoms with Crippen molar-refractivity contribution in [2.45, 2.75) is 0 Å². The Morgan fingerprint density at radius 2 is 2.10 bits per heavy atom. The number of carbonyl (C=O) groups excluding carboxylic acids is 1. The molecule has 0 saturated carbocycles. The minimum atomic E-state index is -0.416. The highest BCUT2D eigenvalue weighted by molar-refractivity contribution is 9.10. The van der Waals surface area contributed by atoms with E-state index >= 15 is 0 Å². The molecule has 1 aromatic carbocycles. The highest BCUT2D eigenvalue weighted by Gasteiger charge is 2.16. The molecule has 5 nitrogen and oxygen atoms in total. The van der Waals surface area contributed by atoms with Crippen molar-refractivity contribution in [2.24, 2.45) is 0 Å². The molecule has 2 heterocycles. The van der Waals surface area contributed by atoms with Gasteiger partial charge < -0.3 is 14.3 Å². The van der Waals surface area contributed by atoms with Crippen molar-refractivity contribution in [1.82, 2.24) is 5.16 Å². The maximum Gasteiger partial charge on any atom is 0.277 e. The highest BCUT2D eigenvalue weighted by atomic mass is 79.9. The van der Waals surface area contributed by atoms with Gasteiger partial charge in [-0.25, -0.2) is 0 Å². The maximum absolute atomic E-state index is 12.1. The Labute approximate surface area is 133 Å². The van der Waals surface area contributed by atoms with Crippen LogP contribution in [0.25, 0.3) is 11.5 Å². The number of rotatable bonds is 3. The van der Waals surface area contributed by atoms with Crippen molar-refractivity contribution in [2.75, 3.05) is 5.32 Å². The average molecular weight is 368 g/mol. The van der Waals surface area contributed by atoms with E-state index in [-0.39, 0.29) is 5.69 Å². The third-order valence-corrected chi connectivity index (χ3v) is 3.49. The van der Waals surface area contributed by atoms with Gasteiger partial charge >= 0.3 is 0 Å². The second-order valence-corrected chi connectivity index (χ2v) is 5.45. The molecule has 0 spiro atoms. The first-order valence-corrected chi connectivity index (χ1v) is 7.07. The fourth-order valence-corrected chi connectivity index (χ4v) is 2.41. The van der Waals surface area contributed by atoms with Gasteiger partial charge in [-0.05, 0) is 30.3 Å². The van der Waals surface area contributed by atoms with Gasteiger partial charge in [-0.3, -0.25) is 4.79 Å². The zero-order chi connectivity index (χ0) is 14.8. The summed E-state index contributed by atoms with van der Waals surface area (Å²) in [6, 6.07) is 10.1. The Bertz CT molecular complexity index is 783. The van der Waals surface area contributed by atoms with E-state index in [1.165, 1.54) is 12.3 Å². The fourth-order valence-electron chi connectivity index (χ4n) is 1.69. The van der Waals surface area contributed by atoms with Crippen molar-refractivity contribution in [3.8, 4) is 11.5 Å². The molecule has 21 heavy (non-hydrogen) atoms. The van der Waals surface area contributed by atoms with Crippen molar-refractivity contribution >= 4 is 39.1 Å². The summed E-state index contributed by atoms with van der Waals surface area (Å²) in [5.41, 5.74) is 0.632. The van der Waals surface area contributed by atoms with Gasteiger partial charge in [-0.2, -0.15) is 0 Å². The lowest BCUT2D eigenvalue weighted by molar-refractivity contribution is 0.101. The fraction of sp³-hybridized carbons (Fsp3) is 0. The van der Waals surface area contributed by atoms with E-state index in [4.69, 9.17) is 20.5 Å². The summed E-state index contributed by atoms with van der Waals surface area (Å²) in [6.07, 6.45) is 1.51. The number of amides is 1. The molecule has 106 valence electrons. The molecular weight excluding hydrogens is 360 g/mol. The standard InChI is InChI=1S/C14H8BrClN2O3/c15-8-3-4-10(9(16)6-8)17-14(19)11-7-13(21-18-11)12-2-1-5-20-12/h1-7H,(H,17,19). The average Bonchev–Trinajstić information content (AvgIpc) is 3.10. The lowest BCUT2D eigenvalue weighted by Crippen LogP contribution is -2.12. The van der Waals surface area contributed by atoms with Crippen LogP contribution in [0.5, 0.6) is 0 Å². The first-order chi connectivity index (χ1) is 10.1. The molecule has 1 N–H and O–H groups in total. The summed E-state index contributed by atoms with van der Waals surface area (Å²) in [6.45, 7) is 0. The Morgan fingerprint density at radius 1 is 1.24 bits per heavy atom. The molecule has 0 aliphatic carbocycles. The van der Waals surface area contributed by atoms with Gasteiger partial charge in [-0.15, -0.1) is 0 Å². The van der Waals surface area contributed by atoms with E-state index < -0.39 is 5.91 Å². The SMILES string of the molecule is O=C(Nc1ccc(Br)cc1Cl)c1cc(-c2ccco2)on1. The minimum absolute atomic E-state index is 0.139. The zero-order valence-corrected chi connectivity index (χ0v) is 12.8. The van der Waals surface area contributed by atoms with Crippen LogP contribution < -0.4 is 5.32 Å². The van der Waals surface area contributed by atoms with Gasteiger partial charge in [0.2, 0.25) is 5.76 Å². The van der Waals surface area contributed by atoms with Crippen LogP contribution in [-0.4, -0.2) is 11.1 Å². The van der Waals surface area contributed by atoms with E-state index in [0.29, 0.717) is 22.2 Å². The van der Waals surface area contributed by atoms with Crippen molar-refractivity contribution in [1.29, 1.82) is 0 Å². The molecule has 0 unspecified atom stereocenters. The van der Waals surface area contributed by atoms with Crippen LogP contribution in [0.2, 0.25) is 5.02 Å². The van der Waals surface area contributed by atoms with Gasteiger partial charge in [0.25, 0.3) is 5.91 Å². The van der Waals surface area contributed by atoms with Crippen LogP contribution in [0, 0.1) is 0 Å². The van der Waals surface area contributed by atoms with Crippen LogP contribution in [0.3, 0.4) is 0 Å². The first kappa shape index (κ1) is 13.9. The van der Waals surface area contributed by atoms with Crippen molar-refractivity contribution in [3.05, 3.63) is 57.9 Å². The molecule has 7 heteroatoms. The molecule has 3 aromatic rings. The Balaban J connectivity index is 1.79. The summed E-state index contributed by atoms with van der Waals surface area (Å²) in [7, 11) is 0. The van der Waals surface area contributed by atoms with Crippen LogP contribution >= 0.6 is 27.5 Å². The molecule has 0 fully saturated rings. The number of carbonyl (C=O) groups is 1. The number of anilines is 1. The molecule has 3 rings (SSSR count). The van der Waals surface area contributed by atoms with Crippen LogP contribution in [-0.2, 0) is 0 Å². The number of nitrogens with zero attached hydrogens (tertiary/aromatic N) is 1. The highest BCUT2D eigenvalue weighted by Crippen LogP contribution is 2.26. The normalized spacial score (nSPS) is 10.6. The smallest absolute Gasteiger partial charge is 0.277 e. The molecule has 0 atom stereocenters. The molecule has 1 amide bonds. The lowest BCUT2D eigenvalue weighted by atomic mass is 10.3. The Hall–Kier alpha value is -2.05. The quantitative estimate of drug-likeness (QED) is 0.734. The number of hydrogen-bond donors (Lipinski definition) is 1. The molecule has 0 aliphatic rings. The Kier molecular flexibility index (Phi) is 3.81. The minimum Gasteiger partial charge on any atom is -0.461 e. The first-order valence-electron chi connectivity index (χ1n) is 5.90. The van der Waals surface area contributed by atoms with Gasteiger partial charge in [0.1, 0.15) is 0 Å². The van der Waals surface area contributed by atoms with E-state index in [9.17, 15) is 4.79 Å². The predicted molar refractivity (Wildman–Crippen MR) is 81.3 cm³/mol. The zero-order valence-electron chi connectivity index (χ0n) is 10.5. The number of hydrogen-bond acceptors (Lipinski definition) is 4. The largest absolute Gasteiger partial charge is 0.461 e. The monoisotopic (exact) mass is 366 g/mol. The van der Waals surface area contributed by atoms with Gasteiger partial charge in [-0.1, -0.05) is 32.7 Å². The van der Waals surface area contributed by atoms with Crippen LogP contribution in [0.1, 0.15) is 10.5 Å². The summed E-state index contributed by atoms with van der Waals surface area (Å²) in [4.78, 5) is 12.1. The summed E-state index contributed by atoms with van der Waals surface area (Å²) >= 11 is 9.34. The second-order valence-electron chi connectivity index (χ2n) is 4.13. The maximum atomic E-state index is 12.1. The number of halogens is 2. The topological polar surface area (TPSA) is 68.3 Å². The molecule has 2 aromatic heterocycles. The predicted octanol–water partition coefficient (Wildman–Crippen LogP) is 4.60. The van der Waals surface area contributed by atoms with Gasteiger partial charge in [0.15, 0.2) is 11.5 Å². The number of furan rings is 1. The number of nitrogens with one attached hydrogen (secondary N) is 1. The van der Waals surface area contributed by atoms with E-state index in [1.807, 2.05) is 0 Å². The Morgan fingerprint density at radius 3 is 2.81 bits per heavy atom. The van der Waals surface area contributed by atoms with Gasteiger partial charge in [0.05, 0.1) is 17.0 Å². The molecule has 0 aliphatic heterocycles. The second kappa shape index (κ2) is 5.75. The van der Waals surface area contributed by atoms with Crippen LogP contribution in [0.15, 0.2) is 56.1 Å². The van der Waals surface area contributed by atoms with E-state index in [0.717, 1.165) is 4.47 Å². The van der Waals surface area contributed by atoms with E-state index in [2.05, 4.69) is 26.4 Å².